The maximum absolute atomic E-state index is 12.7. The summed E-state index contributed by atoms with van der Waals surface area (Å²) >= 11 is 0. The number of amides is 2. The van der Waals surface area contributed by atoms with Gasteiger partial charge in [-0.3, -0.25) is 14.3 Å². The third kappa shape index (κ3) is 5.03. The SMILES string of the molecule is Cc1ccc(NS(=O)(=O)c2cccc(C(=O)NC(C(N)=O)c3ccccc3)c2)cc1. The molecule has 0 saturated heterocycles. The maximum atomic E-state index is 12.7. The van der Waals surface area contributed by atoms with Gasteiger partial charge in [-0.05, 0) is 42.8 Å². The topological polar surface area (TPSA) is 118 Å². The van der Waals surface area contributed by atoms with E-state index in [9.17, 15) is 18.0 Å². The number of hydrogen-bond acceptors (Lipinski definition) is 4. The lowest BCUT2D eigenvalue weighted by molar-refractivity contribution is -0.120. The van der Waals surface area contributed by atoms with Crippen molar-refractivity contribution in [3.05, 3.63) is 95.6 Å². The van der Waals surface area contributed by atoms with Gasteiger partial charge in [-0.15, -0.1) is 0 Å². The molecule has 0 heterocycles. The first-order chi connectivity index (χ1) is 14.3. The first kappa shape index (κ1) is 21.1. The molecule has 7 nitrogen and oxygen atoms in total. The summed E-state index contributed by atoms with van der Waals surface area (Å²) in [5, 5.41) is 2.55. The lowest BCUT2D eigenvalue weighted by Crippen LogP contribution is -2.37. The highest BCUT2D eigenvalue weighted by molar-refractivity contribution is 7.92. The van der Waals surface area contributed by atoms with Crippen molar-refractivity contribution < 1.29 is 18.0 Å². The van der Waals surface area contributed by atoms with Crippen molar-refractivity contribution in [2.24, 2.45) is 5.73 Å². The molecule has 3 rings (SSSR count). The summed E-state index contributed by atoms with van der Waals surface area (Å²) in [6, 6.07) is 20.0. The number of aryl methyl sites for hydroxylation is 1. The molecule has 0 radical (unpaired) electrons. The Morgan fingerprint density at radius 2 is 1.57 bits per heavy atom. The van der Waals surface area contributed by atoms with E-state index in [0.29, 0.717) is 11.3 Å². The Morgan fingerprint density at radius 1 is 0.900 bits per heavy atom. The van der Waals surface area contributed by atoms with Crippen LogP contribution in [0.1, 0.15) is 27.5 Å². The van der Waals surface area contributed by atoms with Crippen LogP contribution in [0.25, 0.3) is 0 Å². The first-order valence-corrected chi connectivity index (χ1v) is 10.6. The third-order valence-corrected chi connectivity index (χ3v) is 5.78. The molecule has 0 fully saturated rings. The molecule has 4 N–H and O–H groups in total. The molecule has 1 unspecified atom stereocenters. The van der Waals surface area contributed by atoms with Crippen LogP contribution >= 0.6 is 0 Å². The van der Waals surface area contributed by atoms with E-state index >= 15 is 0 Å². The molecular weight excluding hydrogens is 402 g/mol. The molecule has 1 atom stereocenters. The molecule has 154 valence electrons. The fraction of sp³-hybridized carbons (Fsp3) is 0.0909. The van der Waals surface area contributed by atoms with Gasteiger partial charge in [0.15, 0.2) is 0 Å². The van der Waals surface area contributed by atoms with Gasteiger partial charge < -0.3 is 11.1 Å². The monoisotopic (exact) mass is 423 g/mol. The number of nitrogens with one attached hydrogen (secondary N) is 2. The molecule has 0 aliphatic carbocycles. The molecule has 3 aromatic rings. The Kier molecular flexibility index (Phi) is 6.17. The molecule has 0 spiro atoms. The van der Waals surface area contributed by atoms with Crippen LogP contribution in [0.15, 0.2) is 83.8 Å². The fourth-order valence-electron chi connectivity index (χ4n) is 2.82. The van der Waals surface area contributed by atoms with Gasteiger partial charge in [-0.25, -0.2) is 8.42 Å². The molecular formula is C22H21N3O4S. The van der Waals surface area contributed by atoms with E-state index in [-0.39, 0.29) is 10.5 Å². The standard InChI is InChI=1S/C22H21N3O4S/c1-15-10-12-18(13-11-15)25-30(28,29)19-9-5-8-17(14-19)22(27)24-20(21(23)26)16-6-3-2-4-7-16/h2-14,20,25H,1H3,(H2,23,26)(H,24,27). The molecule has 30 heavy (non-hydrogen) atoms. The van der Waals surface area contributed by atoms with E-state index in [1.165, 1.54) is 24.3 Å². The van der Waals surface area contributed by atoms with Gasteiger partial charge in [0.2, 0.25) is 5.91 Å². The van der Waals surface area contributed by atoms with Crippen LogP contribution in [0.4, 0.5) is 5.69 Å². The largest absolute Gasteiger partial charge is 0.368 e. The average molecular weight is 423 g/mol. The Hall–Kier alpha value is -3.65. The normalized spacial score (nSPS) is 12.0. The molecule has 0 saturated carbocycles. The minimum atomic E-state index is -3.90. The number of hydrogen-bond donors (Lipinski definition) is 3. The average Bonchev–Trinajstić information content (AvgIpc) is 2.74. The van der Waals surface area contributed by atoms with E-state index in [1.807, 2.05) is 6.92 Å². The molecule has 0 aliphatic rings. The van der Waals surface area contributed by atoms with Crippen LogP contribution in [0, 0.1) is 6.92 Å². The quantitative estimate of drug-likeness (QED) is 0.541. The van der Waals surface area contributed by atoms with Gasteiger partial charge in [0.05, 0.1) is 4.90 Å². The summed E-state index contributed by atoms with van der Waals surface area (Å²) in [5.74, 6) is -1.34. The van der Waals surface area contributed by atoms with Crippen molar-refractivity contribution in [3.8, 4) is 0 Å². The molecule has 0 bridgehead atoms. The molecule has 3 aromatic carbocycles. The Labute approximate surface area is 175 Å². The van der Waals surface area contributed by atoms with Gasteiger partial charge in [-0.1, -0.05) is 54.1 Å². The number of sulfonamides is 1. The van der Waals surface area contributed by atoms with E-state index in [0.717, 1.165) is 5.56 Å². The van der Waals surface area contributed by atoms with E-state index in [1.54, 1.807) is 54.6 Å². The van der Waals surface area contributed by atoms with Crippen molar-refractivity contribution in [1.29, 1.82) is 0 Å². The van der Waals surface area contributed by atoms with E-state index < -0.39 is 27.9 Å². The summed E-state index contributed by atoms with van der Waals surface area (Å²) in [4.78, 5) is 24.4. The lowest BCUT2D eigenvalue weighted by Gasteiger charge is -2.16. The zero-order valence-electron chi connectivity index (χ0n) is 16.2. The number of rotatable bonds is 7. The van der Waals surface area contributed by atoms with Crippen LogP contribution < -0.4 is 15.8 Å². The summed E-state index contributed by atoms with van der Waals surface area (Å²) < 4.78 is 27.9. The molecule has 2 amide bonds. The van der Waals surface area contributed by atoms with E-state index in [2.05, 4.69) is 10.0 Å². The molecule has 8 heteroatoms. The second-order valence-corrected chi connectivity index (χ2v) is 8.40. The zero-order chi connectivity index (χ0) is 21.7. The van der Waals surface area contributed by atoms with Crippen molar-refractivity contribution in [3.63, 3.8) is 0 Å². The maximum Gasteiger partial charge on any atom is 0.261 e. The number of carbonyl (C=O) groups excluding carboxylic acids is 2. The van der Waals surface area contributed by atoms with Crippen molar-refractivity contribution in [2.75, 3.05) is 4.72 Å². The van der Waals surface area contributed by atoms with Crippen molar-refractivity contribution in [1.82, 2.24) is 5.32 Å². The second-order valence-electron chi connectivity index (χ2n) is 6.72. The fourth-order valence-corrected chi connectivity index (χ4v) is 3.92. The molecule has 0 aromatic heterocycles. The number of carbonyl (C=O) groups is 2. The van der Waals surface area contributed by atoms with Crippen LogP contribution in [-0.2, 0) is 14.8 Å². The lowest BCUT2D eigenvalue weighted by atomic mass is 10.1. The molecule has 0 aliphatic heterocycles. The number of anilines is 1. The van der Waals surface area contributed by atoms with Gasteiger partial charge in [0, 0.05) is 11.3 Å². The van der Waals surface area contributed by atoms with E-state index in [4.69, 9.17) is 5.73 Å². The zero-order valence-corrected chi connectivity index (χ0v) is 17.0. The van der Waals surface area contributed by atoms with Gasteiger partial charge in [0.25, 0.3) is 15.9 Å². The number of benzene rings is 3. The smallest absolute Gasteiger partial charge is 0.261 e. The summed E-state index contributed by atoms with van der Waals surface area (Å²) in [5.41, 5.74) is 7.46. The Morgan fingerprint density at radius 3 is 2.20 bits per heavy atom. The predicted octanol–water partition coefficient (Wildman–Crippen LogP) is 2.75. The van der Waals surface area contributed by atoms with Gasteiger partial charge in [0.1, 0.15) is 6.04 Å². The minimum Gasteiger partial charge on any atom is -0.368 e. The van der Waals surface area contributed by atoms with Crippen LogP contribution in [0.3, 0.4) is 0 Å². The summed E-state index contributed by atoms with van der Waals surface area (Å²) in [7, 11) is -3.90. The first-order valence-electron chi connectivity index (χ1n) is 9.11. The Balaban J connectivity index is 1.82. The highest BCUT2D eigenvalue weighted by Crippen LogP contribution is 2.19. The minimum absolute atomic E-state index is 0.0777. The van der Waals surface area contributed by atoms with Crippen LogP contribution in [0.2, 0.25) is 0 Å². The predicted molar refractivity (Wildman–Crippen MR) is 114 cm³/mol. The third-order valence-electron chi connectivity index (χ3n) is 4.40. The van der Waals surface area contributed by atoms with Gasteiger partial charge >= 0.3 is 0 Å². The van der Waals surface area contributed by atoms with Crippen LogP contribution in [-0.4, -0.2) is 20.2 Å². The highest BCUT2D eigenvalue weighted by atomic mass is 32.2. The Bertz CT molecular complexity index is 1160. The van der Waals surface area contributed by atoms with Crippen molar-refractivity contribution >= 4 is 27.5 Å². The van der Waals surface area contributed by atoms with Crippen LogP contribution in [0.5, 0.6) is 0 Å². The highest BCUT2D eigenvalue weighted by Gasteiger charge is 2.22. The number of nitrogens with two attached hydrogens (primary N) is 1. The number of primary amides is 1. The van der Waals surface area contributed by atoms with Gasteiger partial charge in [-0.2, -0.15) is 0 Å². The summed E-state index contributed by atoms with van der Waals surface area (Å²) in [6.07, 6.45) is 0. The van der Waals surface area contributed by atoms with Crippen molar-refractivity contribution in [2.45, 2.75) is 17.9 Å². The summed E-state index contributed by atoms with van der Waals surface area (Å²) in [6.45, 7) is 1.90. The second kappa shape index (κ2) is 8.79.